The van der Waals surface area contributed by atoms with E-state index in [4.69, 9.17) is 16.3 Å². The first kappa shape index (κ1) is 15.1. The van der Waals surface area contributed by atoms with Crippen molar-refractivity contribution < 1.29 is 9.53 Å². The Bertz CT molecular complexity index is 588. The molecule has 2 aromatic carbocycles. The van der Waals surface area contributed by atoms with Crippen molar-refractivity contribution in [1.29, 1.82) is 0 Å². The number of carbonyl (C=O) groups excluding carboxylic acids is 1. The van der Waals surface area contributed by atoms with Gasteiger partial charge in [0.15, 0.2) is 5.78 Å². The zero-order chi connectivity index (χ0) is 14.5. The maximum atomic E-state index is 12.4. The van der Waals surface area contributed by atoms with E-state index in [0.29, 0.717) is 22.8 Å². The molecule has 2 rings (SSSR count). The predicted molar refractivity (Wildman–Crippen MR) is 84.8 cm³/mol. The Kier molecular flexibility index (Phi) is 5.21. The Morgan fingerprint density at radius 3 is 2.45 bits per heavy atom. The van der Waals surface area contributed by atoms with Gasteiger partial charge >= 0.3 is 0 Å². The van der Waals surface area contributed by atoms with E-state index in [-0.39, 0.29) is 5.78 Å². The van der Waals surface area contributed by atoms with Crippen molar-refractivity contribution in [2.45, 2.75) is 13.3 Å². The smallest absolute Gasteiger partial charge is 0.193 e. The molecule has 0 fully saturated rings. The first-order valence-electron chi connectivity index (χ1n) is 6.34. The van der Waals surface area contributed by atoms with Crippen LogP contribution in [0.4, 0.5) is 0 Å². The van der Waals surface area contributed by atoms with Gasteiger partial charge in [0, 0.05) is 20.6 Å². The molecular weight excluding hydrogens is 340 g/mol. The number of rotatable bonds is 5. The van der Waals surface area contributed by atoms with Crippen molar-refractivity contribution in [3.63, 3.8) is 0 Å². The molecule has 0 radical (unpaired) electrons. The minimum absolute atomic E-state index is 0.0600. The monoisotopic (exact) mass is 352 g/mol. The van der Waals surface area contributed by atoms with Crippen LogP contribution in [0.2, 0.25) is 5.02 Å². The molecule has 104 valence electrons. The summed E-state index contributed by atoms with van der Waals surface area (Å²) >= 11 is 9.30. The molecule has 0 aliphatic carbocycles. The van der Waals surface area contributed by atoms with Gasteiger partial charge in [-0.2, -0.15) is 0 Å². The Morgan fingerprint density at radius 2 is 1.85 bits per heavy atom. The summed E-state index contributed by atoms with van der Waals surface area (Å²) in [4.78, 5) is 12.4. The predicted octanol–water partition coefficient (Wildman–Crippen LogP) is 5.12. The van der Waals surface area contributed by atoms with Gasteiger partial charge in [0.1, 0.15) is 5.75 Å². The van der Waals surface area contributed by atoms with E-state index in [1.54, 1.807) is 30.3 Å². The van der Waals surface area contributed by atoms with Crippen molar-refractivity contribution in [2.24, 2.45) is 0 Å². The van der Waals surface area contributed by atoms with E-state index < -0.39 is 0 Å². The van der Waals surface area contributed by atoms with E-state index in [2.05, 4.69) is 22.9 Å². The van der Waals surface area contributed by atoms with Gasteiger partial charge < -0.3 is 4.74 Å². The summed E-state index contributed by atoms with van der Waals surface area (Å²) < 4.78 is 6.28. The fourth-order valence-corrected chi connectivity index (χ4v) is 2.63. The molecular formula is C16H14BrClO2. The largest absolute Gasteiger partial charge is 0.494 e. The van der Waals surface area contributed by atoms with Crippen molar-refractivity contribution in [3.05, 3.63) is 63.1 Å². The number of carbonyl (C=O) groups is 1. The van der Waals surface area contributed by atoms with Gasteiger partial charge in [0.25, 0.3) is 0 Å². The van der Waals surface area contributed by atoms with Crippen LogP contribution in [0.5, 0.6) is 5.75 Å². The Hall–Kier alpha value is -1.32. The average molecular weight is 354 g/mol. The lowest BCUT2D eigenvalue weighted by Gasteiger charge is -2.06. The van der Waals surface area contributed by atoms with Crippen LogP contribution in [0.1, 0.15) is 29.3 Å². The standard InChI is InChI=1S/C16H14BrClO2/c1-2-7-20-15-5-3-11(4-6-15)16(19)12-8-13(17)10-14(18)9-12/h3-6,8-10H,2,7H2,1H3. The van der Waals surface area contributed by atoms with Crippen LogP contribution in [-0.4, -0.2) is 12.4 Å². The zero-order valence-corrected chi connectivity index (χ0v) is 13.4. The van der Waals surface area contributed by atoms with Crippen LogP contribution in [0.3, 0.4) is 0 Å². The van der Waals surface area contributed by atoms with E-state index in [1.165, 1.54) is 0 Å². The normalized spacial score (nSPS) is 10.3. The molecule has 0 aromatic heterocycles. The third kappa shape index (κ3) is 3.84. The van der Waals surface area contributed by atoms with E-state index >= 15 is 0 Å². The molecule has 0 aliphatic heterocycles. The lowest BCUT2D eigenvalue weighted by molar-refractivity contribution is 0.103. The quantitative estimate of drug-likeness (QED) is 0.697. The molecule has 0 heterocycles. The van der Waals surface area contributed by atoms with Crippen LogP contribution in [0, 0.1) is 0 Å². The molecule has 2 aromatic rings. The van der Waals surface area contributed by atoms with Gasteiger partial charge in [-0.25, -0.2) is 0 Å². The first-order valence-corrected chi connectivity index (χ1v) is 7.51. The summed E-state index contributed by atoms with van der Waals surface area (Å²) in [5.41, 5.74) is 1.18. The number of hydrogen-bond donors (Lipinski definition) is 0. The topological polar surface area (TPSA) is 26.3 Å². The van der Waals surface area contributed by atoms with Crippen LogP contribution in [0.15, 0.2) is 46.9 Å². The maximum absolute atomic E-state index is 12.4. The van der Waals surface area contributed by atoms with Crippen molar-refractivity contribution >= 4 is 33.3 Å². The van der Waals surface area contributed by atoms with E-state index in [1.807, 2.05) is 12.1 Å². The minimum Gasteiger partial charge on any atom is -0.494 e. The molecule has 0 amide bonds. The first-order chi connectivity index (χ1) is 9.60. The molecule has 4 heteroatoms. The highest BCUT2D eigenvalue weighted by Gasteiger charge is 2.10. The number of ketones is 1. The zero-order valence-electron chi connectivity index (χ0n) is 11.0. The van der Waals surface area contributed by atoms with Crippen molar-refractivity contribution in [3.8, 4) is 5.75 Å². The third-order valence-electron chi connectivity index (χ3n) is 2.71. The Balaban J connectivity index is 2.20. The number of hydrogen-bond acceptors (Lipinski definition) is 2. The summed E-state index contributed by atoms with van der Waals surface area (Å²) in [6.07, 6.45) is 0.956. The highest BCUT2D eigenvalue weighted by molar-refractivity contribution is 9.10. The van der Waals surface area contributed by atoms with Gasteiger partial charge in [0.2, 0.25) is 0 Å². The second-order valence-electron chi connectivity index (χ2n) is 4.36. The number of halogens is 2. The van der Waals surface area contributed by atoms with Crippen LogP contribution in [-0.2, 0) is 0 Å². The molecule has 0 N–H and O–H groups in total. The summed E-state index contributed by atoms with van der Waals surface area (Å²) in [5, 5.41) is 0.533. The molecule has 0 unspecified atom stereocenters. The molecule has 2 nitrogen and oxygen atoms in total. The van der Waals surface area contributed by atoms with Crippen LogP contribution >= 0.6 is 27.5 Å². The molecule has 20 heavy (non-hydrogen) atoms. The van der Waals surface area contributed by atoms with Crippen molar-refractivity contribution in [2.75, 3.05) is 6.61 Å². The molecule has 0 saturated carbocycles. The molecule has 0 spiro atoms. The van der Waals surface area contributed by atoms with Gasteiger partial charge in [-0.15, -0.1) is 0 Å². The van der Waals surface area contributed by atoms with Crippen LogP contribution in [0.25, 0.3) is 0 Å². The highest BCUT2D eigenvalue weighted by Crippen LogP contribution is 2.22. The average Bonchev–Trinajstić information content (AvgIpc) is 2.44. The minimum atomic E-state index is -0.0600. The fourth-order valence-electron chi connectivity index (χ4n) is 1.77. The van der Waals surface area contributed by atoms with E-state index in [9.17, 15) is 4.79 Å². The summed E-state index contributed by atoms with van der Waals surface area (Å²) in [6, 6.07) is 12.3. The number of ether oxygens (including phenoxy) is 1. The Morgan fingerprint density at radius 1 is 1.15 bits per heavy atom. The summed E-state index contributed by atoms with van der Waals surface area (Å²) in [6.45, 7) is 2.73. The third-order valence-corrected chi connectivity index (χ3v) is 3.39. The Labute approximate surface area is 131 Å². The summed E-state index contributed by atoms with van der Waals surface area (Å²) in [7, 11) is 0. The molecule has 0 aliphatic rings. The SMILES string of the molecule is CCCOc1ccc(C(=O)c2cc(Cl)cc(Br)c2)cc1. The fraction of sp³-hybridized carbons (Fsp3) is 0.188. The number of benzene rings is 2. The lowest BCUT2D eigenvalue weighted by Crippen LogP contribution is -2.02. The molecule has 0 atom stereocenters. The second-order valence-corrected chi connectivity index (χ2v) is 5.71. The molecule has 0 saturated heterocycles. The van der Waals surface area contributed by atoms with E-state index in [0.717, 1.165) is 16.6 Å². The maximum Gasteiger partial charge on any atom is 0.193 e. The lowest BCUT2D eigenvalue weighted by atomic mass is 10.0. The van der Waals surface area contributed by atoms with Crippen molar-refractivity contribution in [1.82, 2.24) is 0 Å². The summed E-state index contributed by atoms with van der Waals surface area (Å²) in [5.74, 6) is 0.714. The molecule has 0 bridgehead atoms. The van der Waals surface area contributed by atoms with Gasteiger partial charge in [-0.1, -0.05) is 34.5 Å². The highest BCUT2D eigenvalue weighted by atomic mass is 79.9. The van der Waals surface area contributed by atoms with Gasteiger partial charge in [0.05, 0.1) is 6.61 Å². The van der Waals surface area contributed by atoms with Gasteiger partial charge in [-0.05, 0) is 48.9 Å². The second kappa shape index (κ2) is 6.91. The van der Waals surface area contributed by atoms with Gasteiger partial charge in [-0.3, -0.25) is 4.79 Å². The van der Waals surface area contributed by atoms with Crippen LogP contribution < -0.4 is 4.74 Å².